The van der Waals surface area contributed by atoms with E-state index in [4.69, 9.17) is 20.8 Å². The SMILES string of the molecule is COc1ncnc2c1nc(CCCl)n2Cc1ncc(C)o1. The monoisotopic (exact) mass is 307 g/mol. The van der Waals surface area contributed by atoms with E-state index >= 15 is 0 Å². The van der Waals surface area contributed by atoms with Crippen LogP contribution in [0.25, 0.3) is 11.2 Å². The van der Waals surface area contributed by atoms with Gasteiger partial charge in [-0.15, -0.1) is 11.6 Å². The summed E-state index contributed by atoms with van der Waals surface area (Å²) >= 11 is 5.86. The van der Waals surface area contributed by atoms with Crippen LogP contribution in [0.2, 0.25) is 0 Å². The van der Waals surface area contributed by atoms with Crippen molar-refractivity contribution in [3.05, 3.63) is 30.0 Å². The molecule has 0 amide bonds. The van der Waals surface area contributed by atoms with Gasteiger partial charge in [0, 0.05) is 12.3 Å². The summed E-state index contributed by atoms with van der Waals surface area (Å²) in [4.78, 5) is 17.1. The van der Waals surface area contributed by atoms with E-state index in [0.717, 1.165) is 11.6 Å². The number of hydrogen-bond donors (Lipinski definition) is 0. The number of imidazole rings is 1. The van der Waals surface area contributed by atoms with Gasteiger partial charge in [-0.25, -0.2) is 15.0 Å². The van der Waals surface area contributed by atoms with E-state index < -0.39 is 0 Å². The Balaban J connectivity index is 2.11. The molecule has 0 aliphatic carbocycles. The molecule has 110 valence electrons. The number of fused-ring (bicyclic) bond motifs is 1. The van der Waals surface area contributed by atoms with Crippen molar-refractivity contribution in [3.63, 3.8) is 0 Å². The minimum absolute atomic E-state index is 0.441. The number of ether oxygens (including phenoxy) is 1. The lowest BCUT2D eigenvalue weighted by atomic mass is 10.4. The molecule has 0 spiro atoms. The highest BCUT2D eigenvalue weighted by Crippen LogP contribution is 2.23. The highest BCUT2D eigenvalue weighted by molar-refractivity contribution is 6.17. The van der Waals surface area contributed by atoms with Crippen LogP contribution in [-0.4, -0.2) is 37.5 Å². The number of hydrogen-bond acceptors (Lipinski definition) is 6. The molecule has 0 saturated heterocycles. The van der Waals surface area contributed by atoms with Gasteiger partial charge >= 0.3 is 0 Å². The first-order valence-corrected chi connectivity index (χ1v) is 6.97. The second-order valence-corrected chi connectivity index (χ2v) is 4.85. The van der Waals surface area contributed by atoms with Gasteiger partial charge < -0.3 is 13.7 Å². The third-order valence-electron chi connectivity index (χ3n) is 3.05. The van der Waals surface area contributed by atoms with Crippen LogP contribution < -0.4 is 4.74 Å². The summed E-state index contributed by atoms with van der Waals surface area (Å²) in [5.74, 6) is 3.07. The van der Waals surface area contributed by atoms with Crippen LogP contribution in [0.5, 0.6) is 5.88 Å². The lowest BCUT2D eigenvalue weighted by molar-refractivity contribution is 0.401. The number of alkyl halides is 1. The summed E-state index contributed by atoms with van der Waals surface area (Å²) in [6, 6.07) is 0. The van der Waals surface area contributed by atoms with Crippen LogP contribution in [0, 0.1) is 6.92 Å². The molecule has 0 fully saturated rings. The van der Waals surface area contributed by atoms with E-state index in [1.165, 1.54) is 6.33 Å². The minimum Gasteiger partial charge on any atom is -0.479 e. The largest absolute Gasteiger partial charge is 0.479 e. The molecule has 0 aliphatic rings. The Hall–Kier alpha value is -2.15. The molecule has 3 aromatic heterocycles. The zero-order chi connectivity index (χ0) is 14.8. The Morgan fingerprint density at radius 3 is 2.86 bits per heavy atom. The van der Waals surface area contributed by atoms with Crippen LogP contribution in [-0.2, 0) is 13.0 Å². The van der Waals surface area contributed by atoms with E-state index in [9.17, 15) is 0 Å². The lowest BCUT2D eigenvalue weighted by Crippen LogP contribution is -2.07. The molecule has 7 nitrogen and oxygen atoms in total. The third-order valence-corrected chi connectivity index (χ3v) is 3.24. The van der Waals surface area contributed by atoms with Crippen LogP contribution in [0.3, 0.4) is 0 Å². The van der Waals surface area contributed by atoms with Crippen LogP contribution in [0.15, 0.2) is 16.9 Å². The fourth-order valence-electron chi connectivity index (χ4n) is 2.16. The Labute approximate surface area is 126 Å². The molecule has 3 rings (SSSR count). The fourth-order valence-corrected chi connectivity index (χ4v) is 2.33. The zero-order valence-corrected chi connectivity index (χ0v) is 12.5. The lowest BCUT2D eigenvalue weighted by Gasteiger charge is -2.05. The van der Waals surface area contributed by atoms with Gasteiger partial charge in [0.1, 0.15) is 24.5 Å². The molecule has 0 radical (unpaired) electrons. The van der Waals surface area contributed by atoms with Crippen molar-refractivity contribution in [2.75, 3.05) is 13.0 Å². The minimum atomic E-state index is 0.441. The third kappa shape index (κ3) is 2.56. The second-order valence-electron chi connectivity index (χ2n) is 4.47. The second kappa shape index (κ2) is 5.69. The van der Waals surface area contributed by atoms with Crippen molar-refractivity contribution in [1.82, 2.24) is 24.5 Å². The predicted octanol–water partition coefficient (Wildman–Crippen LogP) is 1.96. The zero-order valence-electron chi connectivity index (χ0n) is 11.7. The van der Waals surface area contributed by atoms with Gasteiger partial charge in [-0.1, -0.05) is 0 Å². The maximum atomic E-state index is 5.86. The summed E-state index contributed by atoms with van der Waals surface area (Å²) in [6.07, 6.45) is 3.75. The fraction of sp³-hybridized carbons (Fsp3) is 0.385. The van der Waals surface area contributed by atoms with Gasteiger partial charge in [0.2, 0.25) is 11.8 Å². The molecule has 0 atom stereocenters. The quantitative estimate of drug-likeness (QED) is 0.670. The van der Waals surface area contributed by atoms with Gasteiger partial charge in [0.05, 0.1) is 13.3 Å². The van der Waals surface area contributed by atoms with Gasteiger partial charge in [-0.05, 0) is 6.92 Å². The molecule has 0 N–H and O–H groups in total. The van der Waals surface area contributed by atoms with Crippen molar-refractivity contribution in [2.45, 2.75) is 19.9 Å². The normalized spacial score (nSPS) is 11.2. The Kier molecular flexibility index (Phi) is 3.74. The summed E-state index contributed by atoms with van der Waals surface area (Å²) in [5.41, 5.74) is 1.29. The standard InChI is InChI=1S/C13H14ClN5O2/c1-8-5-15-10(21-8)6-19-9(3-4-14)18-11-12(19)16-7-17-13(11)20-2/h5,7H,3-4,6H2,1-2H3. The predicted molar refractivity (Wildman–Crippen MR) is 76.6 cm³/mol. The molecular formula is C13H14ClN5O2. The molecule has 3 aromatic rings. The molecule has 0 aromatic carbocycles. The smallest absolute Gasteiger partial charge is 0.245 e. The molecule has 8 heteroatoms. The van der Waals surface area contributed by atoms with Gasteiger partial charge in [0.15, 0.2) is 11.2 Å². The van der Waals surface area contributed by atoms with E-state index in [1.807, 2.05) is 11.5 Å². The first-order valence-electron chi connectivity index (χ1n) is 6.44. The Bertz CT molecular complexity index is 767. The van der Waals surface area contributed by atoms with Crippen LogP contribution >= 0.6 is 11.6 Å². The van der Waals surface area contributed by atoms with Crippen molar-refractivity contribution in [3.8, 4) is 5.88 Å². The van der Waals surface area contributed by atoms with Gasteiger partial charge in [-0.2, -0.15) is 4.98 Å². The molecule has 0 bridgehead atoms. The van der Waals surface area contributed by atoms with Crippen LogP contribution in [0.1, 0.15) is 17.5 Å². The molecule has 3 heterocycles. The number of halogens is 1. The average Bonchev–Trinajstić information content (AvgIpc) is 3.04. The topological polar surface area (TPSA) is 78.9 Å². The number of nitrogens with zero attached hydrogens (tertiary/aromatic N) is 5. The highest BCUT2D eigenvalue weighted by Gasteiger charge is 2.17. The van der Waals surface area contributed by atoms with E-state index in [1.54, 1.807) is 13.3 Å². The Morgan fingerprint density at radius 1 is 1.33 bits per heavy atom. The highest BCUT2D eigenvalue weighted by atomic mass is 35.5. The maximum Gasteiger partial charge on any atom is 0.245 e. The van der Waals surface area contributed by atoms with E-state index in [-0.39, 0.29) is 0 Å². The van der Waals surface area contributed by atoms with Crippen LogP contribution in [0.4, 0.5) is 0 Å². The summed E-state index contributed by atoms with van der Waals surface area (Å²) in [6.45, 7) is 2.30. The first-order chi connectivity index (χ1) is 10.2. The molecule has 0 saturated carbocycles. The number of methoxy groups -OCH3 is 1. The van der Waals surface area contributed by atoms with E-state index in [2.05, 4.69) is 19.9 Å². The van der Waals surface area contributed by atoms with Crippen molar-refractivity contribution in [1.29, 1.82) is 0 Å². The molecular weight excluding hydrogens is 294 g/mol. The Morgan fingerprint density at radius 2 is 2.19 bits per heavy atom. The molecule has 21 heavy (non-hydrogen) atoms. The van der Waals surface area contributed by atoms with Crippen molar-refractivity contribution >= 4 is 22.8 Å². The number of aromatic nitrogens is 5. The molecule has 0 aliphatic heterocycles. The average molecular weight is 308 g/mol. The number of rotatable bonds is 5. The number of oxazole rings is 1. The maximum absolute atomic E-state index is 5.86. The summed E-state index contributed by atoms with van der Waals surface area (Å²) < 4.78 is 12.7. The summed E-state index contributed by atoms with van der Waals surface area (Å²) in [7, 11) is 1.56. The van der Waals surface area contributed by atoms with Gasteiger partial charge in [0.25, 0.3) is 0 Å². The first kappa shape index (κ1) is 13.8. The van der Waals surface area contributed by atoms with Crippen molar-refractivity contribution in [2.24, 2.45) is 0 Å². The summed E-state index contributed by atoms with van der Waals surface area (Å²) in [5, 5.41) is 0. The van der Waals surface area contributed by atoms with E-state index in [0.29, 0.717) is 41.8 Å². The van der Waals surface area contributed by atoms with Gasteiger partial charge in [-0.3, -0.25) is 0 Å². The molecule has 0 unspecified atom stereocenters. The number of aryl methyl sites for hydroxylation is 2. The van der Waals surface area contributed by atoms with Crippen molar-refractivity contribution < 1.29 is 9.15 Å².